The second kappa shape index (κ2) is 6.97. The lowest BCUT2D eigenvalue weighted by molar-refractivity contribution is -0.125. The van der Waals surface area contributed by atoms with Gasteiger partial charge < -0.3 is 14.4 Å². The van der Waals surface area contributed by atoms with E-state index in [4.69, 9.17) is 9.47 Å². The molecule has 0 saturated heterocycles. The third-order valence-corrected chi connectivity index (χ3v) is 3.92. The Bertz CT molecular complexity index is 800. The lowest BCUT2D eigenvalue weighted by Crippen LogP contribution is -2.43. The van der Waals surface area contributed by atoms with Crippen LogP contribution in [0.4, 0.5) is 5.69 Å². The van der Waals surface area contributed by atoms with Gasteiger partial charge in [0.2, 0.25) is 0 Å². The molecule has 1 aliphatic heterocycles. The van der Waals surface area contributed by atoms with E-state index in [2.05, 4.69) is 0 Å². The van der Waals surface area contributed by atoms with Crippen LogP contribution in [-0.4, -0.2) is 24.1 Å². The summed E-state index contributed by atoms with van der Waals surface area (Å²) in [5.74, 6) is 0.220. The van der Waals surface area contributed by atoms with Gasteiger partial charge in [-0.1, -0.05) is 24.3 Å². The van der Waals surface area contributed by atoms with E-state index in [-0.39, 0.29) is 18.0 Å². The number of carbonyl (C=O) groups is 2. The fraction of sp³-hybridized carbons (Fsp3) is 0.300. The Morgan fingerprint density at radius 1 is 1.20 bits per heavy atom. The SMILES string of the molecule is CC(C)OC(=O)c1cccc(CN2C(=O)C(C)Oc3ccccc32)c1. The molecule has 5 nitrogen and oxygen atoms in total. The maximum atomic E-state index is 12.6. The van der Waals surface area contributed by atoms with E-state index in [1.54, 1.807) is 30.0 Å². The first-order chi connectivity index (χ1) is 12.0. The molecule has 0 aliphatic carbocycles. The number of fused-ring (bicyclic) bond motifs is 1. The molecule has 1 amide bonds. The first kappa shape index (κ1) is 17.0. The van der Waals surface area contributed by atoms with E-state index in [1.807, 2.05) is 44.2 Å². The Kier molecular flexibility index (Phi) is 4.74. The van der Waals surface area contributed by atoms with Crippen LogP contribution in [0, 0.1) is 0 Å². The molecule has 1 atom stereocenters. The lowest BCUT2D eigenvalue weighted by Gasteiger charge is -2.33. The molecule has 1 aliphatic rings. The van der Waals surface area contributed by atoms with Crippen molar-refractivity contribution in [1.29, 1.82) is 0 Å². The number of anilines is 1. The first-order valence-corrected chi connectivity index (χ1v) is 8.32. The van der Waals surface area contributed by atoms with Crippen molar-refractivity contribution in [3.63, 3.8) is 0 Å². The van der Waals surface area contributed by atoms with E-state index in [0.717, 1.165) is 11.3 Å². The summed E-state index contributed by atoms with van der Waals surface area (Å²) in [6, 6.07) is 14.6. The van der Waals surface area contributed by atoms with Crippen LogP contribution in [-0.2, 0) is 16.1 Å². The average molecular weight is 339 g/mol. The van der Waals surface area contributed by atoms with Crippen LogP contribution in [0.2, 0.25) is 0 Å². The summed E-state index contributed by atoms with van der Waals surface area (Å²) in [6.07, 6.45) is -0.714. The summed E-state index contributed by atoms with van der Waals surface area (Å²) >= 11 is 0. The highest BCUT2D eigenvalue weighted by molar-refractivity contribution is 5.99. The molecule has 0 saturated carbocycles. The molecule has 2 aromatic carbocycles. The van der Waals surface area contributed by atoms with Gasteiger partial charge in [-0.25, -0.2) is 4.79 Å². The van der Waals surface area contributed by atoms with Crippen molar-refractivity contribution in [1.82, 2.24) is 0 Å². The van der Waals surface area contributed by atoms with Gasteiger partial charge >= 0.3 is 5.97 Å². The van der Waals surface area contributed by atoms with Crippen molar-refractivity contribution in [2.24, 2.45) is 0 Å². The van der Waals surface area contributed by atoms with Gasteiger partial charge in [0.25, 0.3) is 5.91 Å². The maximum Gasteiger partial charge on any atom is 0.338 e. The van der Waals surface area contributed by atoms with Crippen LogP contribution in [0.15, 0.2) is 48.5 Å². The van der Waals surface area contributed by atoms with Crippen molar-refractivity contribution >= 4 is 17.6 Å². The summed E-state index contributed by atoms with van der Waals surface area (Å²) in [7, 11) is 0. The smallest absolute Gasteiger partial charge is 0.338 e. The summed E-state index contributed by atoms with van der Waals surface area (Å²) in [5, 5.41) is 0. The van der Waals surface area contributed by atoms with Crippen molar-refractivity contribution in [3.05, 3.63) is 59.7 Å². The zero-order valence-electron chi connectivity index (χ0n) is 14.6. The topological polar surface area (TPSA) is 55.8 Å². The molecule has 1 unspecified atom stereocenters. The summed E-state index contributed by atoms with van der Waals surface area (Å²) < 4.78 is 10.9. The number of ether oxygens (including phenoxy) is 2. The standard InChI is InChI=1S/C20H21NO4/c1-13(2)24-20(23)16-8-6-7-15(11-16)12-21-17-9-4-5-10-18(17)25-14(3)19(21)22/h4-11,13-14H,12H2,1-3H3. The van der Waals surface area contributed by atoms with Gasteiger partial charge in [0, 0.05) is 0 Å². The molecule has 3 rings (SSSR count). The van der Waals surface area contributed by atoms with Crippen LogP contribution in [0.1, 0.15) is 36.7 Å². The molecule has 0 radical (unpaired) electrons. The van der Waals surface area contributed by atoms with Gasteiger partial charge in [0.05, 0.1) is 23.9 Å². The Morgan fingerprint density at radius 2 is 1.96 bits per heavy atom. The van der Waals surface area contributed by atoms with Crippen molar-refractivity contribution in [2.75, 3.05) is 4.90 Å². The fourth-order valence-electron chi connectivity index (χ4n) is 2.78. The monoisotopic (exact) mass is 339 g/mol. The average Bonchev–Trinajstić information content (AvgIpc) is 2.58. The minimum atomic E-state index is -0.538. The highest BCUT2D eigenvalue weighted by Gasteiger charge is 2.31. The van der Waals surface area contributed by atoms with E-state index in [1.165, 1.54) is 0 Å². The molecule has 25 heavy (non-hydrogen) atoms. The lowest BCUT2D eigenvalue weighted by atomic mass is 10.1. The van der Waals surface area contributed by atoms with Crippen LogP contribution in [0.5, 0.6) is 5.75 Å². The van der Waals surface area contributed by atoms with Gasteiger partial charge in [0.15, 0.2) is 6.10 Å². The molecule has 5 heteroatoms. The molecule has 2 aromatic rings. The van der Waals surface area contributed by atoms with Crippen LogP contribution < -0.4 is 9.64 Å². The van der Waals surface area contributed by atoms with Crippen molar-refractivity contribution in [2.45, 2.75) is 39.5 Å². The van der Waals surface area contributed by atoms with Crippen LogP contribution >= 0.6 is 0 Å². The largest absolute Gasteiger partial charge is 0.479 e. The maximum absolute atomic E-state index is 12.6. The molecule has 0 fully saturated rings. The second-order valence-corrected chi connectivity index (χ2v) is 6.31. The predicted molar refractivity (Wildman–Crippen MR) is 94.7 cm³/mol. The number of nitrogens with zero attached hydrogens (tertiary/aromatic N) is 1. The Labute approximate surface area is 147 Å². The number of carbonyl (C=O) groups excluding carboxylic acids is 2. The second-order valence-electron chi connectivity index (χ2n) is 6.31. The summed E-state index contributed by atoms with van der Waals surface area (Å²) in [6.45, 7) is 5.73. The number of esters is 1. The quantitative estimate of drug-likeness (QED) is 0.799. The number of hydrogen-bond acceptors (Lipinski definition) is 4. The zero-order valence-corrected chi connectivity index (χ0v) is 14.6. The molecule has 0 spiro atoms. The van der Waals surface area contributed by atoms with Gasteiger partial charge in [-0.05, 0) is 50.6 Å². The van der Waals surface area contributed by atoms with Crippen molar-refractivity contribution in [3.8, 4) is 5.75 Å². The Morgan fingerprint density at radius 3 is 2.72 bits per heavy atom. The van der Waals surface area contributed by atoms with Crippen molar-refractivity contribution < 1.29 is 19.1 Å². The fourth-order valence-corrected chi connectivity index (χ4v) is 2.78. The van der Waals surface area contributed by atoms with E-state index < -0.39 is 6.10 Å². The van der Waals surface area contributed by atoms with Gasteiger partial charge in [-0.3, -0.25) is 4.79 Å². The predicted octanol–water partition coefficient (Wildman–Crippen LogP) is 3.57. The highest BCUT2D eigenvalue weighted by Crippen LogP contribution is 2.34. The van der Waals surface area contributed by atoms with Crippen LogP contribution in [0.25, 0.3) is 0 Å². The zero-order chi connectivity index (χ0) is 18.0. The third-order valence-electron chi connectivity index (χ3n) is 3.92. The van der Waals surface area contributed by atoms with Gasteiger partial charge in [0.1, 0.15) is 5.75 Å². The number of rotatable bonds is 4. The molecular weight excluding hydrogens is 318 g/mol. The third kappa shape index (κ3) is 3.65. The molecule has 0 N–H and O–H groups in total. The summed E-state index contributed by atoms with van der Waals surface area (Å²) in [4.78, 5) is 26.3. The van der Waals surface area contributed by atoms with E-state index >= 15 is 0 Å². The molecule has 0 aromatic heterocycles. The Balaban J connectivity index is 1.87. The minimum absolute atomic E-state index is 0.103. The number of benzene rings is 2. The van der Waals surface area contributed by atoms with Gasteiger partial charge in [-0.15, -0.1) is 0 Å². The molecular formula is C20H21NO4. The van der Waals surface area contributed by atoms with E-state index in [9.17, 15) is 9.59 Å². The Hall–Kier alpha value is -2.82. The molecule has 130 valence electrons. The number of hydrogen-bond donors (Lipinski definition) is 0. The number of amides is 1. The first-order valence-electron chi connectivity index (χ1n) is 8.32. The molecule has 0 bridgehead atoms. The molecule has 1 heterocycles. The summed E-state index contributed by atoms with van der Waals surface area (Å²) in [5.41, 5.74) is 2.07. The van der Waals surface area contributed by atoms with Crippen LogP contribution in [0.3, 0.4) is 0 Å². The highest BCUT2D eigenvalue weighted by atomic mass is 16.5. The van der Waals surface area contributed by atoms with E-state index in [0.29, 0.717) is 17.9 Å². The normalized spacial score (nSPS) is 16.4. The number of para-hydroxylation sites is 2. The minimum Gasteiger partial charge on any atom is -0.479 e. The van der Waals surface area contributed by atoms with Gasteiger partial charge in [-0.2, -0.15) is 0 Å².